The third-order valence-electron chi connectivity index (χ3n) is 1.52. The summed E-state index contributed by atoms with van der Waals surface area (Å²) < 4.78 is 7.77. The van der Waals surface area contributed by atoms with Gasteiger partial charge in [0.25, 0.3) is 5.69 Å². The minimum absolute atomic E-state index is 0.0881. The molecular formula is C6H2ClN3O2S. The van der Waals surface area contributed by atoms with Crippen molar-refractivity contribution < 1.29 is 4.92 Å². The predicted octanol–water partition coefficient (Wildman–Crippen LogP) is 2.25. The first kappa shape index (κ1) is 8.33. The van der Waals surface area contributed by atoms with E-state index in [9.17, 15) is 10.1 Å². The maximum atomic E-state index is 10.5. The fourth-order valence-corrected chi connectivity index (χ4v) is 1.67. The molecule has 0 aliphatic rings. The number of hydrogen-bond donors (Lipinski definition) is 0. The first-order chi connectivity index (χ1) is 6.18. The molecule has 7 heteroatoms. The van der Waals surface area contributed by atoms with E-state index in [1.54, 1.807) is 0 Å². The number of halogens is 1. The van der Waals surface area contributed by atoms with Crippen molar-refractivity contribution in [1.82, 2.24) is 8.75 Å². The van der Waals surface area contributed by atoms with E-state index in [-0.39, 0.29) is 10.7 Å². The maximum Gasteiger partial charge on any atom is 0.290 e. The van der Waals surface area contributed by atoms with Crippen molar-refractivity contribution >= 4 is 40.0 Å². The second-order valence-corrected chi connectivity index (χ2v) is 3.25. The zero-order valence-electron chi connectivity index (χ0n) is 6.10. The molecule has 0 aliphatic heterocycles. The lowest BCUT2D eigenvalue weighted by molar-refractivity contribution is -0.384. The number of hydrogen-bond acceptors (Lipinski definition) is 5. The highest BCUT2D eigenvalue weighted by Gasteiger charge is 2.14. The first-order valence-corrected chi connectivity index (χ1v) is 4.35. The number of nitro benzene ring substituents is 1. The summed E-state index contributed by atoms with van der Waals surface area (Å²) in [5.74, 6) is 0. The van der Waals surface area contributed by atoms with E-state index < -0.39 is 4.92 Å². The highest BCUT2D eigenvalue weighted by atomic mass is 35.5. The summed E-state index contributed by atoms with van der Waals surface area (Å²) in [5.41, 5.74) is 0.948. The number of nitrogens with zero attached hydrogens (tertiary/aromatic N) is 3. The van der Waals surface area contributed by atoms with Crippen LogP contribution in [0.1, 0.15) is 0 Å². The Morgan fingerprint density at radius 1 is 1.38 bits per heavy atom. The molecule has 0 saturated heterocycles. The van der Waals surface area contributed by atoms with E-state index in [4.69, 9.17) is 11.6 Å². The molecule has 0 fully saturated rings. The van der Waals surface area contributed by atoms with Gasteiger partial charge in [0.15, 0.2) is 0 Å². The summed E-state index contributed by atoms with van der Waals surface area (Å²) in [6.07, 6.45) is 0. The molecule has 0 bridgehead atoms. The van der Waals surface area contributed by atoms with Crippen LogP contribution in [0.25, 0.3) is 11.0 Å². The molecule has 0 unspecified atom stereocenters. The molecule has 1 aromatic heterocycles. The van der Waals surface area contributed by atoms with Crippen LogP contribution in [-0.4, -0.2) is 13.7 Å². The van der Waals surface area contributed by atoms with Crippen LogP contribution in [0.4, 0.5) is 5.69 Å². The molecule has 0 aliphatic carbocycles. The Bertz CT molecular complexity index is 484. The van der Waals surface area contributed by atoms with Crippen LogP contribution >= 0.6 is 23.3 Å². The molecule has 0 saturated carbocycles. The van der Waals surface area contributed by atoms with Crippen LogP contribution in [0, 0.1) is 10.1 Å². The Balaban J connectivity index is 2.76. The molecule has 2 rings (SSSR count). The van der Waals surface area contributed by atoms with Gasteiger partial charge in [-0.2, -0.15) is 8.75 Å². The fraction of sp³-hybridized carbons (Fsp3) is 0. The number of fused-ring (bicyclic) bond motifs is 1. The molecule has 0 atom stereocenters. The standard InChI is InChI=1S/C6H2ClN3O2S/c7-3-1-4-5(9-13-8-4)2-6(3)10(11)12/h1-2H. The van der Waals surface area contributed by atoms with Crippen molar-refractivity contribution in [2.75, 3.05) is 0 Å². The second kappa shape index (κ2) is 2.90. The van der Waals surface area contributed by atoms with E-state index in [2.05, 4.69) is 8.75 Å². The van der Waals surface area contributed by atoms with Gasteiger partial charge in [0, 0.05) is 6.07 Å². The van der Waals surface area contributed by atoms with Crippen molar-refractivity contribution in [3.8, 4) is 0 Å². The fourth-order valence-electron chi connectivity index (χ4n) is 0.935. The average molecular weight is 216 g/mol. The summed E-state index contributed by atoms with van der Waals surface area (Å²) in [6.45, 7) is 0. The Kier molecular flexibility index (Phi) is 1.86. The third-order valence-corrected chi connectivity index (χ3v) is 2.38. The van der Waals surface area contributed by atoms with Gasteiger partial charge in [0.2, 0.25) is 0 Å². The highest BCUT2D eigenvalue weighted by Crippen LogP contribution is 2.28. The molecule has 0 radical (unpaired) electrons. The van der Waals surface area contributed by atoms with Crippen LogP contribution in [0.5, 0.6) is 0 Å². The monoisotopic (exact) mass is 215 g/mol. The lowest BCUT2D eigenvalue weighted by Crippen LogP contribution is -1.88. The van der Waals surface area contributed by atoms with Crippen molar-refractivity contribution in [3.05, 3.63) is 27.3 Å². The van der Waals surface area contributed by atoms with Gasteiger partial charge in [-0.1, -0.05) is 11.6 Å². The lowest BCUT2D eigenvalue weighted by Gasteiger charge is -1.92. The molecule has 1 heterocycles. The summed E-state index contributed by atoms with van der Waals surface area (Å²) in [5, 5.41) is 10.6. The maximum absolute atomic E-state index is 10.5. The van der Waals surface area contributed by atoms with Crippen LogP contribution in [0.3, 0.4) is 0 Å². The van der Waals surface area contributed by atoms with E-state index in [1.165, 1.54) is 12.1 Å². The summed E-state index contributed by atoms with van der Waals surface area (Å²) in [6, 6.07) is 2.76. The van der Waals surface area contributed by atoms with Crippen molar-refractivity contribution in [2.45, 2.75) is 0 Å². The first-order valence-electron chi connectivity index (χ1n) is 3.24. The molecule has 1 aromatic carbocycles. The largest absolute Gasteiger partial charge is 0.290 e. The lowest BCUT2D eigenvalue weighted by atomic mass is 10.3. The second-order valence-electron chi connectivity index (χ2n) is 2.31. The van der Waals surface area contributed by atoms with Gasteiger partial charge in [-0.3, -0.25) is 10.1 Å². The Morgan fingerprint density at radius 2 is 2.00 bits per heavy atom. The Morgan fingerprint density at radius 3 is 2.62 bits per heavy atom. The summed E-state index contributed by atoms with van der Waals surface area (Å²) in [7, 11) is 0. The Hall–Kier alpha value is -1.27. The van der Waals surface area contributed by atoms with E-state index in [0.717, 1.165) is 11.7 Å². The SMILES string of the molecule is O=[N+]([O-])c1cc2nsnc2cc1Cl. The van der Waals surface area contributed by atoms with Crippen LogP contribution < -0.4 is 0 Å². The smallest absolute Gasteiger partial charge is 0.258 e. The van der Waals surface area contributed by atoms with Crippen molar-refractivity contribution in [2.24, 2.45) is 0 Å². The number of nitro groups is 1. The highest BCUT2D eigenvalue weighted by molar-refractivity contribution is 7.00. The van der Waals surface area contributed by atoms with E-state index >= 15 is 0 Å². The number of benzene rings is 1. The summed E-state index contributed by atoms with van der Waals surface area (Å²) >= 11 is 6.65. The molecule has 0 N–H and O–H groups in total. The van der Waals surface area contributed by atoms with E-state index in [0.29, 0.717) is 11.0 Å². The molecule has 0 spiro atoms. The van der Waals surface area contributed by atoms with Gasteiger partial charge in [0.05, 0.1) is 16.7 Å². The van der Waals surface area contributed by atoms with Crippen molar-refractivity contribution in [1.29, 1.82) is 0 Å². The topological polar surface area (TPSA) is 68.9 Å². The molecule has 66 valence electrons. The minimum Gasteiger partial charge on any atom is -0.258 e. The average Bonchev–Trinajstić information content (AvgIpc) is 2.48. The van der Waals surface area contributed by atoms with Gasteiger partial charge in [-0.05, 0) is 6.07 Å². The zero-order chi connectivity index (χ0) is 9.42. The predicted molar refractivity (Wildman–Crippen MR) is 49.1 cm³/mol. The van der Waals surface area contributed by atoms with Gasteiger partial charge < -0.3 is 0 Å². The summed E-state index contributed by atoms with van der Waals surface area (Å²) in [4.78, 5) is 9.92. The van der Waals surface area contributed by atoms with Crippen LogP contribution in [0.15, 0.2) is 12.1 Å². The van der Waals surface area contributed by atoms with Crippen molar-refractivity contribution in [3.63, 3.8) is 0 Å². The minimum atomic E-state index is -0.541. The van der Waals surface area contributed by atoms with Gasteiger partial charge in [0.1, 0.15) is 16.1 Å². The van der Waals surface area contributed by atoms with Gasteiger partial charge in [-0.15, -0.1) is 0 Å². The third kappa shape index (κ3) is 1.34. The van der Waals surface area contributed by atoms with Gasteiger partial charge in [-0.25, -0.2) is 0 Å². The molecule has 2 aromatic rings. The molecule has 13 heavy (non-hydrogen) atoms. The Labute approximate surface area is 81.4 Å². The quantitative estimate of drug-likeness (QED) is 0.540. The van der Waals surface area contributed by atoms with E-state index in [1.807, 2.05) is 0 Å². The normalized spacial score (nSPS) is 10.5. The zero-order valence-corrected chi connectivity index (χ0v) is 7.67. The number of aromatic nitrogens is 2. The molecule has 5 nitrogen and oxygen atoms in total. The van der Waals surface area contributed by atoms with Crippen LogP contribution in [0.2, 0.25) is 5.02 Å². The molecular weight excluding hydrogens is 214 g/mol. The van der Waals surface area contributed by atoms with Crippen LogP contribution in [-0.2, 0) is 0 Å². The number of rotatable bonds is 1. The molecule has 0 amide bonds. The van der Waals surface area contributed by atoms with Gasteiger partial charge >= 0.3 is 0 Å².